The molecule has 0 radical (unpaired) electrons. The third kappa shape index (κ3) is 3.44. The topological polar surface area (TPSA) is 49.4 Å². The monoisotopic (exact) mass is 342 g/mol. The third-order valence-corrected chi connectivity index (χ3v) is 4.53. The Labute approximate surface area is 146 Å². The zero-order valence-corrected chi connectivity index (χ0v) is 14.4. The molecule has 4 nitrogen and oxygen atoms in total. The van der Waals surface area contributed by atoms with Gasteiger partial charge in [0.25, 0.3) is 0 Å². The number of hydrogen-bond donors (Lipinski definition) is 1. The van der Waals surface area contributed by atoms with Crippen molar-refractivity contribution in [2.24, 2.45) is 5.92 Å². The average Bonchev–Trinajstić information content (AvgIpc) is 2.94. The standard InChI is InChI=1S/C19H19ClN2O2/c1-12-3-7-16(8-4-12)22-11-14(9-18(22)23)19(24)21-17-10-15(20)6-5-13(17)2/h3-8,10,14H,9,11H2,1-2H3,(H,21,24). The van der Waals surface area contributed by atoms with E-state index in [1.807, 2.05) is 44.2 Å². The number of rotatable bonds is 3. The highest BCUT2D eigenvalue weighted by molar-refractivity contribution is 6.31. The fourth-order valence-corrected chi connectivity index (χ4v) is 2.99. The smallest absolute Gasteiger partial charge is 0.229 e. The Morgan fingerprint density at radius 2 is 1.88 bits per heavy atom. The molecule has 1 heterocycles. The quantitative estimate of drug-likeness (QED) is 0.918. The summed E-state index contributed by atoms with van der Waals surface area (Å²) in [6.07, 6.45) is 0.222. The first-order chi connectivity index (χ1) is 11.4. The number of nitrogens with zero attached hydrogens (tertiary/aromatic N) is 1. The van der Waals surface area contributed by atoms with Gasteiger partial charge in [0.2, 0.25) is 11.8 Å². The second-order valence-corrected chi connectivity index (χ2v) is 6.63. The molecule has 0 bridgehead atoms. The van der Waals surface area contributed by atoms with Crippen molar-refractivity contribution in [3.8, 4) is 0 Å². The minimum absolute atomic E-state index is 0.0261. The van der Waals surface area contributed by atoms with Crippen LogP contribution < -0.4 is 10.2 Å². The SMILES string of the molecule is Cc1ccc(N2CC(C(=O)Nc3cc(Cl)ccc3C)CC2=O)cc1. The average molecular weight is 343 g/mol. The van der Waals surface area contributed by atoms with Gasteiger partial charge in [0.05, 0.1) is 5.92 Å². The molecule has 5 heteroatoms. The highest BCUT2D eigenvalue weighted by atomic mass is 35.5. The number of amides is 2. The number of anilines is 2. The molecule has 2 aromatic rings. The molecule has 1 unspecified atom stereocenters. The van der Waals surface area contributed by atoms with Crippen LogP contribution in [0.4, 0.5) is 11.4 Å². The van der Waals surface area contributed by atoms with E-state index >= 15 is 0 Å². The zero-order valence-electron chi connectivity index (χ0n) is 13.7. The van der Waals surface area contributed by atoms with Crippen LogP contribution >= 0.6 is 11.6 Å². The van der Waals surface area contributed by atoms with Gasteiger partial charge in [-0.05, 0) is 43.7 Å². The van der Waals surface area contributed by atoms with Crippen molar-refractivity contribution in [3.05, 3.63) is 58.6 Å². The van der Waals surface area contributed by atoms with Crippen molar-refractivity contribution >= 4 is 34.8 Å². The molecule has 3 rings (SSSR count). The number of carbonyl (C=O) groups excluding carboxylic acids is 2. The Bertz CT molecular complexity index is 786. The van der Waals surface area contributed by atoms with Gasteiger partial charge in [-0.2, -0.15) is 0 Å². The maximum absolute atomic E-state index is 12.5. The number of halogens is 1. The summed E-state index contributed by atoms with van der Waals surface area (Å²) in [7, 11) is 0. The van der Waals surface area contributed by atoms with Crippen molar-refractivity contribution < 1.29 is 9.59 Å². The summed E-state index contributed by atoms with van der Waals surface area (Å²) in [6.45, 7) is 4.30. The molecule has 124 valence electrons. The fraction of sp³-hybridized carbons (Fsp3) is 0.263. The van der Waals surface area contributed by atoms with E-state index in [0.717, 1.165) is 16.8 Å². The number of hydrogen-bond acceptors (Lipinski definition) is 2. The van der Waals surface area contributed by atoms with Crippen LogP contribution in [0.15, 0.2) is 42.5 Å². The molecule has 0 aliphatic carbocycles. The second-order valence-electron chi connectivity index (χ2n) is 6.19. The second kappa shape index (κ2) is 6.65. The molecule has 1 atom stereocenters. The predicted octanol–water partition coefficient (Wildman–Crippen LogP) is 3.95. The summed E-state index contributed by atoms with van der Waals surface area (Å²) < 4.78 is 0. The highest BCUT2D eigenvalue weighted by Gasteiger charge is 2.35. The molecule has 1 saturated heterocycles. The molecule has 2 aromatic carbocycles. The van der Waals surface area contributed by atoms with Crippen LogP contribution in [-0.4, -0.2) is 18.4 Å². The molecule has 1 N–H and O–H groups in total. The lowest BCUT2D eigenvalue weighted by Crippen LogP contribution is -2.28. The van der Waals surface area contributed by atoms with Gasteiger partial charge >= 0.3 is 0 Å². The number of benzene rings is 2. The van der Waals surface area contributed by atoms with Crippen molar-refractivity contribution in [2.75, 3.05) is 16.8 Å². The molecular formula is C19H19ClN2O2. The lowest BCUT2D eigenvalue weighted by atomic mass is 10.1. The molecular weight excluding hydrogens is 324 g/mol. The molecule has 0 spiro atoms. The summed E-state index contributed by atoms with van der Waals surface area (Å²) >= 11 is 5.99. The Morgan fingerprint density at radius 1 is 1.17 bits per heavy atom. The van der Waals surface area contributed by atoms with Crippen molar-refractivity contribution in [2.45, 2.75) is 20.3 Å². The summed E-state index contributed by atoms with van der Waals surface area (Å²) in [5.41, 5.74) is 3.59. The number of aryl methyl sites for hydroxylation is 2. The maximum atomic E-state index is 12.5. The van der Waals surface area contributed by atoms with E-state index in [2.05, 4.69) is 5.32 Å². The molecule has 1 aliphatic heterocycles. The Hall–Kier alpha value is -2.33. The van der Waals surface area contributed by atoms with Crippen molar-refractivity contribution in [3.63, 3.8) is 0 Å². The van der Waals surface area contributed by atoms with Crippen LogP contribution in [0.25, 0.3) is 0 Å². The van der Waals surface area contributed by atoms with Crippen LogP contribution in [0.5, 0.6) is 0 Å². The van der Waals surface area contributed by atoms with E-state index in [0.29, 0.717) is 17.3 Å². The number of carbonyl (C=O) groups is 2. The minimum atomic E-state index is -0.364. The summed E-state index contributed by atoms with van der Waals surface area (Å²) in [4.78, 5) is 26.5. The van der Waals surface area contributed by atoms with Gasteiger partial charge in [0.1, 0.15) is 0 Å². The van der Waals surface area contributed by atoms with Gasteiger partial charge in [-0.15, -0.1) is 0 Å². The Morgan fingerprint density at radius 3 is 2.58 bits per heavy atom. The van der Waals surface area contributed by atoms with E-state index in [9.17, 15) is 9.59 Å². The molecule has 1 aliphatic rings. The highest BCUT2D eigenvalue weighted by Crippen LogP contribution is 2.27. The first kappa shape index (κ1) is 16.5. The lowest BCUT2D eigenvalue weighted by molar-refractivity contribution is -0.122. The molecule has 0 aromatic heterocycles. The van der Waals surface area contributed by atoms with E-state index in [-0.39, 0.29) is 24.2 Å². The third-order valence-electron chi connectivity index (χ3n) is 4.30. The maximum Gasteiger partial charge on any atom is 0.229 e. The van der Waals surface area contributed by atoms with Crippen LogP contribution in [0.2, 0.25) is 5.02 Å². The first-order valence-corrected chi connectivity index (χ1v) is 8.26. The normalized spacial score (nSPS) is 17.2. The summed E-state index contributed by atoms with van der Waals surface area (Å²) in [6, 6.07) is 13.1. The zero-order chi connectivity index (χ0) is 17.3. The van der Waals surface area contributed by atoms with E-state index in [1.54, 1.807) is 17.0 Å². The first-order valence-electron chi connectivity index (χ1n) is 7.88. The number of nitrogens with one attached hydrogen (secondary N) is 1. The van der Waals surface area contributed by atoms with E-state index in [1.165, 1.54) is 0 Å². The summed E-state index contributed by atoms with van der Waals surface area (Å²) in [5, 5.41) is 3.46. The van der Waals surface area contributed by atoms with Gasteiger partial charge in [0.15, 0.2) is 0 Å². The van der Waals surface area contributed by atoms with Gasteiger partial charge in [-0.1, -0.05) is 35.4 Å². The van der Waals surface area contributed by atoms with Gasteiger partial charge < -0.3 is 10.2 Å². The van der Waals surface area contributed by atoms with Crippen LogP contribution in [0.3, 0.4) is 0 Å². The summed E-state index contributed by atoms with van der Waals surface area (Å²) in [5.74, 6) is -0.540. The Balaban J connectivity index is 1.72. The van der Waals surface area contributed by atoms with Crippen molar-refractivity contribution in [1.29, 1.82) is 0 Å². The van der Waals surface area contributed by atoms with Gasteiger partial charge in [-0.25, -0.2) is 0 Å². The molecule has 0 saturated carbocycles. The largest absolute Gasteiger partial charge is 0.325 e. The molecule has 2 amide bonds. The lowest BCUT2D eigenvalue weighted by Gasteiger charge is -2.17. The minimum Gasteiger partial charge on any atom is -0.325 e. The molecule has 1 fully saturated rings. The van der Waals surface area contributed by atoms with Crippen LogP contribution in [0.1, 0.15) is 17.5 Å². The van der Waals surface area contributed by atoms with Gasteiger partial charge in [-0.3, -0.25) is 9.59 Å². The van der Waals surface area contributed by atoms with E-state index < -0.39 is 0 Å². The van der Waals surface area contributed by atoms with Gasteiger partial charge in [0, 0.05) is 29.4 Å². The molecule has 24 heavy (non-hydrogen) atoms. The van der Waals surface area contributed by atoms with Crippen LogP contribution in [0, 0.1) is 19.8 Å². The van der Waals surface area contributed by atoms with Crippen molar-refractivity contribution in [1.82, 2.24) is 0 Å². The van der Waals surface area contributed by atoms with Crippen LogP contribution in [-0.2, 0) is 9.59 Å². The van der Waals surface area contributed by atoms with E-state index in [4.69, 9.17) is 11.6 Å². The Kier molecular flexibility index (Phi) is 4.58. The fourth-order valence-electron chi connectivity index (χ4n) is 2.82. The predicted molar refractivity (Wildman–Crippen MR) is 96.5 cm³/mol.